The highest BCUT2D eigenvalue weighted by molar-refractivity contribution is 6.04. The fourth-order valence-corrected chi connectivity index (χ4v) is 15.2. The Labute approximate surface area is 728 Å². The Morgan fingerprint density at radius 3 is 0.535 bits per heavy atom. The maximum Gasteiger partial charge on any atom is 0.251 e. The summed E-state index contributed by atoms with van der Waals surface area (Å²) in [7, 11) is 0. The third-order valence-electron chi connectivity index (χ3n) is 22.9. The van der Waals surface area contributed by atoms with Crippen molar-refractivity contribution in [2.45, 2.75) is 294 Å². The van der Waals surface area contributed by atoms with Crippen molar-refractivity contribution >= 4 is 17.7 Å². The van der Waals surface area contributed by atoms with E-state index in [1.165, 1.54) is 0 Å². The maximum absolute atomic E-state index is 15.3. The van der Waals surface area contributed by atoms with Gasteiger partial charge in [0.05, 0.1) is 117 Å². The minimum atomic E-state index is -2.29. The average molecular weight is 1890 g/mol. The number of rotatable bonds is 39. The summed E-state index contributed by atoms with van der Waals surface area (Å²) < 4.78 is 102. The SMILES string of the molecule is O=C(NC(CO[C@H]1O[C@H](CO)[C@@H](O)[C@H](O)[C@@H]1O)CO[C@@H]1O[C@H](CO)[C@@H](O[C@@H]2O[C@H](CO)[C@H](O)[C@H](O)[C@H]2O)[C@H](O)[C@H]1O)c1cc(C(=O)NC(CO[C@H]2O[C@H](CO)[C@@H](O)[C@H](O)[C@@H]2O)CO[C@@H]2O[C@H](CO)[C@@H](O[C@@H]3O[C@H](CO)[C@H](O)[C@H](O)[C@H]3O)[C@H](O)[C@H]2O)cc(C(=O)NC(CO[C@H]2O[C@H](CO)[C@@H](O)[C@H](O)[C@@H]2O)CO[C@@H]2O[C@H](CO)[C@@H](O[C@@H]3O[C@H](CO)[C@H](O)[C@H](O)[C@H]3O)[C@H](O)[C@H]2O)c1. The summed E-state index contributed by atoms with van der Waals surface area (Å²) in [6.07, 6.45) is -89.6. The molecule has 9 saturated heterocycles. The second-order valence-electron chi connectivity index (χ2n) is 31.9. The monoisotopic (exact) mass is 1890 g/mol. The third kappa shape index (κ3) is 24.8. The number of hydrogen-bond acceptors (Lipinski definition) is 54. The van der Waals surface area contributed by atoms with Crippen molar-refractivity contribution in [3.63, 3.8) is 0 Å². The van der Waals surface area contributed by atoms with Gasteiger partial charge in [0.1, 0.15) is 220 Å². The van der Waals surface area contributed by atoms with Crippen LogP contribution in [0, 0.1) is 0 Å². The van der Waals surface area contributed by atoms with Gasteiger partial charge in [-0.05, 0) is 18.2 Å². The van der Waals surface area contributed by atoms with Crippen molar-refractivity contribution in [3.8, 4) is 0 Å². The molecule has 1 aromatic rings. The molecule has 36 N–H and O–H groups in total. The van der Waals surface area contributed by atoms with E-state index in [-0.39, 0.29) is 0 Å². The number of nitrogens with one attached hydrogen (secondary N) is 3. The first kappa shape index (κ1) is 107. The van der Waals surface area contributed by atoms with Gasteiger partial charge in [0, 0.05) is 16.7 Å². The largest absolute Gasteiger partial charge is 0.394 e. The molecule has 9 aliphatic heterocycles. The van der Waals surface area contributed by atoms with E-state index in [1.54, 1.807) is 0 Å². The van der Waals surface area contributed by atoms with Crippen LogP contribution in [0.4, 0.5) is 0 Å². The zero-order valence-corrected chi connectivity index (χ0v) is 67.9. The molecule has 3 amide bonds. The molecule has 10 rings (SSSR count). The Bertz CT molecular complexity index is 3210. The summed E-state index contributed by atoms with van der Waals surface area (Å²) in [6, 6.07) is -3.23. The molecule has 0 aromatic heterocycles. The van der Waals surface area contributed by atoms with Crippen LogP contribution in [0.15, 0.2) is 18.2 Å². The van der Waals surface area contributed by atoms with Crippen LogP contribution in [-0.4, -0.2) is 580 Å². The molecular weight excluding hydrogens is 1770 g/mol. The normalized spacial score (nSPS) is 44.9. The number of aliphatic hydroxyl groups is 33. The van der Waals surface area contributed by atoms with Gasteiger partial charge in [0.15, 0.2) is 56.6 Å². The van der Waals surface area contributed by atoms with E-state index >= 15 is 14.4 Å². The second-order valence-corrected chi connectivity index (χ2v) is 31.9. The predicted molar refractivity (Wildman–Crippen MR) is 396 cm³/mol. The maximum atomic E-state index is 15.3. The average Bonchev–Trinajstić information content (AvgIpc) is 0.788. The van der Waals surface area contributed by atoms with Crippen LogP contribution in [0.25, 0.3) is 0 Å². The molecule has 1 aromatic carbocycles. The van der Waals surface area contributed by atoms with Crippen LogP contribution < -0.4 is 16.0 Å². The summed E-state index contributed by atoms with van der Waals surface area (Å²) >= 11 is 0. The first-order chi connectivity index (χ1) is 61.2. The third-order valence-corrected chi connectivity index (χ3v) is 22.9. The summed E-state index contributed by atoms with van der Waals surface area (Å²) in [5.41, 5.74) is -2.44. The van der Waals surface area contributed by atoms with Crippen LogP contribution in [0.3, 0.4) is 0 Å². The highest BCUT2D eigenvalue weighted by atomic mass is 16.8. The number of carbonyl (C=O) groups is 3. The zero-order valence-electron chi connectivity index (χ0n) is 67.9. The van der Waals surface area contributed by atoms with Crippen molar-refractivity contribution in [2.24, 2.45) is 0 Å². The molecule has 9 fully saturated rings. The molecule has 9 aliphatic rings. The highest BCUT2D eigenvalue weighted by Gasteiger charge is 2.57. The van der Waals surface area contributed by atoms with Gasteiger partial charge in [0.2, 0.25) is 0 Å². The predicted octanol–water partition coefficient (Wildman–Crippen LogP) is -23.6. The van der Waals surface area contributed by atoms with Gasteiger partial charge in [-0.3, -0.25) is 14.4 Å². The number of aliphatic hydroxyl groups excluding tert-OH is 33. The summed E-state index contributed by atoms with van der Waals surface area (Å²) in [5.74, 6) is -4.30. The van der Waals surface area contributed by atoms with E-state index < -0.39 is 428 Å². The second kappa shape index (κ2) is 48.1. The molecule has 744 valence electrons. The number of ether oxygens (including phenoxy) is 18. The van der Waals surface area contributed by atoms with E-state index in [9.17, 15) is 169 Å². The van der Waals surface area contributed by atoms with E-state index in [2.05, 4.69) is 16.0 Å². The van der Waals surface area contributed by atoms with Crippen LogP contribution in [0.5, 0.6) is 0 Å². The fourth-order valence-electron chi connectivity index (χ4n) is 15.2. The smallest absolute Gasteiger partial charge is 0.251 e. The van der Waals surface area contributed by atoms with Crippen molar-refractivity contribution in [1.82, 2.24) is 16.0 Å². The lowest BCUT2D eigenvalue weighted by Gasteiger charge is -2.46. The van der Waals surface area contributed by atoms with Crippen LogP contribution in [-0.2, 0) is 85.3 Å². The lowest BCUT2D eigenvalue weighted by molar-refractivity contribution is -0.359. The molecule has 0 radical (unpaired) electrons. The van der Waals surface area contributed by atoms with E-state index in [0.717, 1.165) is 18.2 Å². The van der Waals surface area contributed by atoms with Crippen molar-refractivity contribution < 1.29 is 268 Å². The standard InChI is InChI=1S/C72H117N3O54/c76-4-25-34(85)40(91)49(100)64(118-25)112-13-22(16-115-67-55(106)46(97)58(31(10-82)124-67)127-70-52(103)43(94)37(88)28(7-79)121-70)73-61(109)19-1-20(62(110)74-23(14-113-65-50(101)41(92)35(86)26(5-77)119-65)17-116-68-56(107)47(98)59(32(11-83)125-68)128-71-53(104)44(95)38(89)29(8-80)122-71)3-21(2-19)63(111)75-24(15-114-66-51(102)42(93)36(87)27(6-78)120-66)18-117-69-57(108)48(99)60(33(12-84)126-69)129-72-54(105)45(96)39(90)30(9-81)123-72/h1-3,22-60,64-72,76-108H,4-18H2,(H,73,109)(H,74,110)(H,75,111)/t22?,23?,24?,25-,26-,27-,28-,29-,30-,31-,32-,33-,34-,35-,36-,37+,38+,39+,40+,41+,42+,43+,44+,45+,46-,47-,48-,49+,50+,51+,52-,53-,54-,55-,56-,57-,58-,59-,60-,64+,65+,66+,67-,68-,69-,70+,71+,72+/m1/s1. The Morgan fingerprint density at radius 2 is 0.364 bits per heavy atom. The Morgan fingerprint density at radius 1 is 0.217 bits per heavy atom. The number of carbonyl (C=O) groups excluding carboxylic acids is 3. The first-order valence-corrected chi connectivity index (χ1v) is 40.7. The van der Waals surface area contributed by atoms with Gasteiger partial charge in [-0.1, -0.05) is 0 Å². The molecule has 3 unspecified atom stereocenters. The van der Waals surface area contributed by atoms with Gasteiger partial charge >= 0.3 is 0 Å². The Balaban J connectivity index is 0.991. The van der Waals surface area contributed by atoms with E-state index in [4.69, 9.17) is 85.3 Å². The highest BCUT2D eigenvalue weighted by Crippen LogP contribution is 2.36. The van der Waals surface area contributed by atoms with E-state index in [0.29, 0.717) is 0 Å². The van der Waals surface area contributed by atoms with Crippen LogP contribution in [0.1, 0.15) is 31.1 Å². The molecule has 0 saturated carbocycles. The van der Waals surface area contributed by atoms with Crippen molar-refractivity contribution in [2.75, 3.05) is 99.1 Å². The molecular formula is C72H117N3O54. The fraction of sp³-hybridized carbons (Fsp3) is 0.875. The van der Waals surface area contributed by atoms with Gasteiger partial charge < -0.3 is 270 Å². The Kier molecular flexibility index (Phi) is 39.7. The van der Waals surface area contributed by atoms with Crippen LogP contribution >= 0.6 is 0 Å². The number of benzene rings is 1. The minimum Gasteiger partial charge on any atom is -0.394 e. The van der Waals surface area contributed by atoms with Gasteiger partial charge in [0.25, 0.3) is 17.7 Å². The molecule has 57 nitrogen and oxygen atoms in total. The van der Waals surface area contributed by atoms with E-state index in [1.807, 2.05) is 0 Å². The van der Waals surface area contributed by atoms with Gasteiger partial charge in [-0.25, -0.2) is 0 Å². The molecule has 48 atom stereocenters. The molecule has 0 aliphatic carbocycles. The first-order valence-electron chi connectivity index (χ1n) is 40.7. The molecule has 0 spiro atoms. The number of amides is 3. The number of hydrogen-bond donors (Lipinski definition) is 36. The summed E-state index contributed by atoms with van der Waals surface area (Å²) in [5, 5.41) is 359. The van der Waals surface area contributed by atoms with Crippen LogP contribution in [0.2, 0.25) is 0 Å². The lowest BCUT2D eigenvalue weighted by Crippen LogP contribution is -2.65. The molecule has 9 heterocycles. The topological polar surface area (TPSA) is 921 Å². The zero-order chi connectivity index (χ0) is 94.8. The minimum absolute atomic E-state index is 0.744. The summed E-state index contributed by atoms with van der Waals surface area (Å²) in [4.78, 5) is 45.9. The molecule has 0 bridgehead atoms. The van der Waals surface area contributed by atoms with Crippen molar-refractivity contribution in [1.29, 1.82) is 0 Å². The van der Waals surface area contributed by atoms with Gasteiger partial charge in [-0.2, -0.15) is 0 Å². The molecule has 129 heavy (non-hydrogen) atoms. The molecule has 57 heteroatoms. The lowest BCUT2D eigenvalue weighted by atomic mass is 9.97. The quantitative estimate of drug-likeness (QED) is 0.0291. The van der Waals surface area contributed by atoms with Gasteiger partial charge in [-0.15, -0.1) is 0 Å². The van der Waals surface area contributed by atoms with Crippen molar-refractivity contribution in [3.05, 3.63) is 34.9 Å². The summed E-state index contributed by atoms with van der Waals surface area (Å²) in [6.45, 7) is -15.4. The Hall–Kier alpha value is -4.41.